The zero-order valence-electron chi connectivity index (χ0n) is 41.1. The third-order valence-corrected chi connectivity index (χ3v) is 13.7. The standard InChI is InChI=1S/C49H93NO18/c1-3-5-7-9-11-13-14-15-16-17-19-20-22-24-26-33(54)32(50-37(55)27-25-23-21-18-12-10-8-6-4-2)31-63-47-43(61)40(58)45(35(29-52)65-47)68-49-44(62)41(59)46(36(30-53)66-49)67-48-42(60)39(57)38(56)34(28-51)64-48/h32-36,38-49,51-54,56-62H,3-31H2,1-2H3,(H,50,55). The number of ether oxygens (including phenoxy) is 6. The average Bonchev–Trinajstić information content (AvgIpc) is 3.33. The summed E-state index contributed by atoms with van der Waals surface area (Å²) < 4.78 is 34.1. The number of carbonyl (C=O) groups is 1. The number of aliphatic hydroxyl groups excluding tert-OH is 11. The van der Waals surface area contributed by atoms with Gasteiger partial charge in [0, 0.05) is 6.42 Å². The van der Waals surface area contributed by atoms with Gasteiger partial charge in [-0.05, 0) is 12.8 Å². The molecular weight excluding hydrogens is 891 g/mol. The second kappa shape index (κ2) is 35.0. The lowest BCUT2D eigenvalue weighted by molar-refractivity contribution is -0.379. The Labute approximate surface area is 404 Å². The Morgan fingerprint density at radius 2 is 0.838 bits per heavy atom. The molecule has 19 heteroatoms. The van der Waals surface area contributed by atoms with Crippen LogP contribution in [-0.2, 0) is 33.2 Å². The van der Waals surface area contributed by atoms with Gasteiger partial charge in [0.2, 0.25) is 5.91 Å². The molecule has 402 valence electrons. The first-order chi connectivity index (χ1) is 32.8. The van der Waals surface area contributed by atoms with Gasteiger partial charge in [-0.2, -0.15) is 0 Å². The van der Waals surface area contributed by atoms with Crippen molar-refractivity contribution in [1.29, 1.82) is 0 Å². The fourth-order valence-corrected chi connectivity index (χ4v) is 9.25. The molecule has 68 heavy (non-hydrogen) atoms. The van der Waals surface area contributed by atoms with Gasteiger partial charge in [0.25, 0.3) is 0 Å². The molecule has 1 amide bonds. The molecule has 0 saturated carbocycles. The van der Waals surface area contributed by atoms with E-state index >= 15 is 0 Å². The average molecular weight is 984 g/mol. The van der Waals surface area contributed by atoms with E-state index in [0.29, 0.717) is 12.8 Å². The van der Waals surface area contributed by atoms with Crippen LogP contribution in [0.15, 0.2) is 0 Å². The van der Waals surface area contributed by atoms with Crippen LogP contribution in [0.4, 0.5) is 0 Å². The number of hydrogen-bond acceptors (Lipinski definition) is 18. The summed E-state index contributed by atoms with van der Waals surface area (Å²) in [5, 5.41) is 120. The van der Waals surface area contributed by atoms with Crippen molar-refractivity contribution in [2.45, 2.75) is 279 Å². The molecule has 0 radical (unpaired) electrons. The van der Waals surface area contributed by atoms with Gasteiger partial charge < -0.3 is 89.9 Å². The maximum atomic E-state index is 13.2. The van der Waals surface area contributed by atoms with Crippen molar-refractivity contribution in [2.24, 2.45) is 0 Å². The number of rotatable bonds is 37. The van der Waals surface area contributed by atoms with Crippen LogP contribution in [0, 0.1) is 0 Å². The highest BCUT2D eigenvalue weighted by Gasteiger charge is 2.53. The molecule has 0 aliphatic carbocycles. The Hall–Kier alpha value is -1.21. The fourth-order valence-electron chi connectivity index (χ4n) is 9.25. The summed E-state index contributed by atoms with van der Waals surface area (Å²) in [7, 11) is 0. The number of unbranched alkanes of at least 4 members (excludes halogenated alkanes) is 21. The minimum absolute atomic E-state index is 0.247. The number of carbonyl (C=O) groups excluding carboxylic acids is 1. The summed E-state index contributed by atoms with van der Waals surface area (Å²) in [6.07, 6.45) is 0.769. The normalized spacial score (nSPS) is 33.1. The predicted octanol–water partition coefficient (Wildman–Crippen LogP) is 2.09. The van der Waals surface area contributed by atoms with Crippen molar-refractivity contribution in [2.75, 3.05) is 26.4 Å². The highest BCUT2D eigenvalue weighted by atomic mass is 16.8. The molecule has 3 aliphatic rings. The largest absolute Gasteiger partial charge is 0.394 e. The molecule has 0 spiro atoms. The molecule has 3 aliphatic heterocycles. The monoisotopic (exact) mass is 984 g/mol. The highest BCUT2D eigenvalue weighted by molar-refractivity contribution is 5.76. The lowest BCUT2D eigenvalue weighted by Crippen LogP contribution is -2.66. The molecule has 3 fully saturated rings. The van der Waals surface area contributed by atoms with Crippen molar-refractivity contribution in [3.8, 4) is 0 Å². The van der Waals surface area contributed by atoms with E-state index < -0.39 is 124 Å². The van der Waals surface area contributed by atoms with Crippen LogP contribution in [0.5, 0.6) is 0 Å². The maximum absolute atomic E-state index is 13.2. The van der Waals surface area contributed by atoms with E-state index in [1.165, 1.54) is 96.3 Å². The summed E-state index contributed by atoms with van der Waals surface area (Å²) in [5.41, 5.74) is 0. The Bertz CT molecular complexity index is 1270. The fraction of sp³-hybridized carbons (Fsp3) is 0.980. The van der Waals surface area contributed by atoms with Gasteiger partial charge in [-0.25, -0.2) is 0 Å². The van der Waals surface area contributed by atoms with Gasteiger partial charge in [0.05, 0.1) is 38.6 Å². The Morgan fingerprint density at radius 3 is 1.28 bits per heavy atom. The molecular formula is C49H93NO18. The van der Waals surface area contributed by atoms with E-state index in [9.17, 15) is 61.0 Å². The summed E-state index contributed by atoms with van der Waals surface area (Å²) in [4.78, 5) is 13.2. The van der Waals surface area contributed by atoms with Gasteiger partial charge in [0.1, 0.15) is 73.2 Å². The second-order valence-electron chi connectivity index (χ2n) is 19.4. The number of nitrogens with one attached hydrogen (secondary N) is 1. The maximum Gasteiger partial charge on any atom is 0.220 e. The molecule has 19 nitrogen and oxygen atoms in total. The molecule has 17 atom stereocenters. The van der Waals surface area contributed by atoms with E-state index in [2.05, 4.69) is 19.2 Å². The van der Waals surface area contributed by atoms with E-state index in [1.54, 1.807) is 0 Å². The van der Waals surface area contributed by atoms with Gasteiger partial charge in [-0.3, -0.25) is 4.79 Å². The van der Waals surface area contributed by atoms with Crippen LogP contribution in [0.1, 0.15) is 174 Å². The van der Waals surface area contributed by atoms with Crippen LogP contribution in [-0.4, -0.2) is 193 Å². The van der Waals surface area contributed by atoms with Crippen molar-refractivity contribution < 1.29 is 89.4 Å². The van der Waals surface area contributed by atoms with E-state index in [-0.39, 0.29) is 18.9 Å². The van der Waals surface area contributed by atoms with E-state index in [4.69, 9.17) is 28.4 Å². The first kappa shape index (κ1) is 61.1. The number of amides is 1. The lowest BCUT2D eigenvalue weighted by Gasteiger charge is -2.48. The SMILES string of the molecule is CCCCCCCCCCCCCCCCC(O)C(COC1OC(CO)C(OC2OC(CO)C(OC3OC(CO)C(O)C(O)C3O)C(O)C2O)C(O)C1O)NC(=O)CCCCCCCCCCC. The molecule has 12 N–H and O–H groups in total. The Kier molecular flexibility index (Phi) is 31.5. The second-order valence-corrected chi connectivity index (χ2v) is 19.4. The Balaban J connectivity index is 1.54. The molecule has 17 unspecified atom stereocenters. The predicted molar refractivity (Wildman–Crippen MR) is 250 cm³/mol. The summed E-state index contributed by atoms with van der Waals surface area (Å²) >= 11 is 0. The van der Waals surface area contributed by atoms with Crippen LogP contribution in [0.2, 0.25) is 0 Å². The minimum Gasteiger partial charge on any atom is -0.394 e. The summed E-state index contributed by atoms with van der Waals surface area (Å²) in [5.74, 6) is -0.247. The molecule has 0 bridgehead atoms. The molecule has 0 aromatic rings. The molecule has 3 rings (SSSR count). The summed E-state index contributed by atoms with van der Waals surface area (Å²) in [6, 6.07) is -0.877. The zero-order chi connectivity index (χ0) is 49.8. The molecule has 3 heterocycles. The smallest absolute Gasteiger partial charge is 0.220 e. The quantitative estimate of drug-likeness (QED) is 0.0397. The molecule has 3 saturated heterocycles. The van der Waals surface area contributed by atoms with Gasteiger partial charge in [-0.15, -0.1) is 0 Å². The van der Waals surface area contributed by atoms with Crippen molar-refractivity contribution in [3.63, 3.8) is 0 Å². The van der Waals surface area contributed by atoms with Crippen LogP contribution in [0.3, 0.4) is 0 Å². The lowest BCUT2D eigenvalue weighted by atomic mass is 9.96. The molecule has 0 aromatic heterocycles. The van der Waals surface area contributed by atoms with Crippen LogP contribution >= 0.6 is 0 Å². The zero-order valence-corrected chi connectivity index (χ0v) is 41.1. The van der Waals surface area contributed by atoms with Crippen molar-refractivity contribution in [3.05, 3.63) is 0 Å². The number of hydrogen-bond donors (Lipinski definition) is 12. The summed E-state index contributed by atoms with van der Waals surface area (Å²) in [6.45, 7) is 1.73. The van der Waals surface area contributed by atoms with E-state index in [0.717, 1.165) is 44.9 Å². The number of aliphatic hydroxyl groups is 11. The minimum atomic E-state index is -1.97. The van der Waals surface area contributed by atoms with Gasteiger partial charge in [0.15, 0.2) is 18.9 Å². The third kappa shape index (κ3) is 20.7. The van der Waals surface area contributed by atoms with Gasteiger partial charge >= 0.3 is 0 Å². The van der Waals surface area contributed by atoms with Crippen molar-refractivity contribution in [1.82, 2.24) is 5.32 Å². The first-order valence-corrected chi connectivity index (χ1v) is 26.3. The topological polar surface area (TPSA) is 307 Å². The van der Waals surface area contributed by atoms with Crippen LogP contribution in [0.25, 0.3) is 0 Å². The van der Waals surface area contributed by atoms with E-state index in [1.807, 2.05) is 0 Å². The highest BCUT2D eigenvalue weighted by Crippen LogP contribution is 2.33. The third-order valence-electron chi connectivity index (χ3n) is 13.7. The molecule has 0 aromatic carbocycles. The Morgan fingerprint density at radius 1 is 0.471 bits per heavy atom. The first-order valence-electron chi connectivity index (χ1n) is 26.3. The van der Waals surface area contributed by atoms with Crippen molar-refractivity contribution >= 4 is 5.91 Å². The van der Waals surface area contributed by atoms with Crippen LogP contribution < -0.4 is 5.32 Å². The van der Waals surface area contributed by atoms with Gasteiger partial charge in [-0.1, -0.05) is 155 Å².